The molecule has 18 heavy (non-hydrogen) atoms. The van der Waals surface area contributed by atoms with Crippen molar-refractivity contribution in [2.24, 2.45) is 0 Å². The first-order chi connectivity index (χ1) is 8.56. The number of benzene rings is 1. The van der Waals surface area contributed by atoms with Crippen molar-refractivity contribution in [3.63, 3.8) is 0 Å². The van der Waals surface area contributed by atoms with Crippen LogP contribution in [-0.4, -0.2) is 21.6 Å². The van der Waals surface area contributed by atoms with E-state index in [9.17, 15) is 9.11 Å². The predicted molar refractivity (Wildman–Crippen MR) is 79.3 cm³/mol. The first kappa shape index (κ1) is 15.6. The smallest absolute Gasteiger partial charge is 0.207 e. The second-order valence-corrected chi connectivity index (χ2v) is 6.71. The second-order valence-electron chi connectivity index (χ2n) is 4.01. The number of hydrogen-bond donors (Lipinski definition) is 0. The van der Waals surface area contributed by atoms with Crippen LogP contribution in [0.15, 0.2) is 34.1 Å². The number of unbranched alkanes of at least 4 members (excludes halogenated alkanes) is 2. The average molecular weight is 283 g/mol. The van der Waals surface area contributed by atoms with E-state index in [4.69, 9.17) is 0 Å². The summed E-state index contributed by atoms with van der Waals surface area (Å²) >= 11 is -2.22. The lowest BCUT2D eigenvalue weighted by molar-refractivity contribution is 0.588. The van der Waals surface area contributed by atoms with Gasteiger partial charge in [0.25, 0.3) is 0 Å². The molecule has 0 heterocycles. The van der Waals surface area contributed by atoms with Crippen molar-refractivity contribution >= 4 is 28.4 Å². The van der Waals surface area contributed by atoms with Crippen LogP contribution in [0.4, 0.5) is 0 Å². The number of allylic oxidation sites excluding steroid dienone is 1. The summed E-state index contributed by atoms with van der Waals surface area (Å²) in [5.41, 5.74) is 0.999. The predicted octanol–water partition coefficient (Wildman–Crippen LogP) is 3.18. The highest BCUT2D eigenvalue weighted by atomic mass is 32.2. The van der Waals surface area contributed by atoms with Crippen molar-refractivity contribution in [3.8, 4) is 0 Å². The van der Waals surface area contributed by atoms with Gasteiger partial charge in [-0.2, -0.15) is 0 Å². The quantitative estimate of drug-likeness (QED) is 0.594. The van der Waals surface area contributed by atoms with E-state index < -0.39 is 22.4 Å². The maximum Gasteiger partial charge on any atom is 0.207 e. The van der Waals surface area contributed by atoms with E-state index in [0.29, 0.717) is 9.79 Å². The fourth-order valence-electron chi connectivity index (χ4n) is 1.57. The third-order valence-electron chi connectivity index (χ3n) is 2.52. The van der Waals surface area contributed by atoms with Crippen LogP contribution >= 0.6 is 0 Å². The van der Waals surface area contributed by atoms with Gasteiger partial charge in [-0.05, 0) is 52.9 Å². The van der Waals surface area contributed by atoms with Gasteiger partial charge in [0, 0.05) is 6.07 Å². The highest BCUT2D eigenvalue weighted by Gasteiger charge is 2.19. The summed E-state index contributed by atoms with van der Waals surface area (Å²) in [7, 11) is 0. The van der Waals surface area contributed by atoms with E-state index in [2.05, 4.69) is 13.0 Å². The van der Waals surface area contributed by atoms with Crippen LogP contribution in [0.1, 0.15) is 24.8 Å². The summed E-state index contributed by atoms with van der Waals surface area (Å²) in [6.07, 6.45) is 10.3. The third kappa shape index (κ3) is 4.69. The van der Waals surface area contributed by atoms with Gasteiger partial charge in [-0.3, -0.25) is 0 Å². The molecule has 1 radical (unpaired) electrons. The van der Waals surface area contributed by atoms with Crippen LogP contribution in [0.2, 0.25) is 0 Å². The molecule has 0 aromatic heterocycles. The first-order valence-electron chi connectivity index (χ1n) is 5.83. The molecule has 99 valence electrons. The monoisotopic (exact) mass is 283 g/mol. The molecule has 4 heteroatoms. The van der Waals surface area contributed by atoms with Crippen molar-refractivity contribution in [3.05, 3.63) is 36.8 Å². The second kappa shape index (κ2) is 7.89. The van der Waals surface area contributed by atoms with Gasteiger partial charge in [0.05, 0.1) is 0 Å². The van der Waals surface area contributed by atoms with E-state index in [1.54, 1.807) is 18.6 Å². The number of hydrogen-bond acceptors (Lipinski definition) is 2. The maximum absolute atomic E-state index is 11.6. The van der Waals surface area contributed by atoms with E-state index in [1.807, 2.05) is 18.2 Å². The zero-order chi connectivity index (χ0) is 13.5. The average Bonchev–Trinajstić information content (AvgIpc) is 2.34. The first-order valence-corrected chi connectivity index (χ1v) is 8.94. The largest absolute Gasteiger partial charge is 0.612 e. The van der Waals surface area contributed by atoms with Gasteiger partial charge in [-0.25, -0.2) is 0 Å². The van der Waals surface area contributed by atoms with Gasteiger partial charge >= 0.3 is 0 Å². The topological polar surface area (TPSA) is 46.1 Å². The Labute approximate surface area is 116 Å². The Balaban J connectivity index is 2.90. The van der Waals surface area contributed by atoms with E-state index in [0.717, 1.165) is 24.8 Å². The van der Waals surface area contributed by atoms with Crippen LogP contribution in [-0.2, 0) is 22.4 Å². The molecule has 0 spiro atoms. The summed E-state index contributed by atoms with van der Waals surface area (Å²) in [6.45, 7) is 3.79. The van der Waals surface area contributed by atoms with E-state index >= 15 is 0 Å². The summed E-state index contributed by atoms with van der Waals surface area (Å²) in [5, 5.41) is 0. The van der Waals surface area contributed by atoms with Crippen LogP contribution in [0.25, 0.3) is 6.08 Å². The fourth-order valence-corrected chi connectivity index (χ4v) is 3.53. The van der Waals surface area contributed by atoms with Gasteiger partial charge in [-0.1, -0.05) is 25.5 Å². The Kier molecular flexibility index (Phi) is 6.86. The van der Waals surface area contributed by atoms with Crippen LogP contribution in [0.5, 0.6) is 0 Å². The molecule has 0 saturated heterocycles. The van der Waals surface area contributed by atoms with Crippen molar-refractivity contribution in [2.45, 2.75) is 29.1 Å². The van der Waals surface area contributed by atoms with Gasteiger partial charge in [0.1, 0.15) is 12.5 Å². The molecule has 1 rings (SSSR count). The van der Waals surface area contributed by atoms with Gasteiger partial charge in [0.15, 0.2) is 0 Å². The number of rotatable bonds is 6. The molecule has 2 atom stereocenters. The van der Waals surface area contributed by atoms with Gasteiger partial charge in [-0.15, -0.1) is 0 Å². The highest BCUT2D eigenvalue weighted by Crippen LogP contribution is 2.23. The Morgan fingerprint density at radius 1 is 1.17 bits per heavy atom. The molecule has 0 bridgehead atoms. The minimum absolute atomic E-state index is 0.658. The Bertz CT molecular complexity index is 401. The van der Waals surface area contributed by atoms with Crippen molar-refractivity contribution < 1.29 is 9.11 Å². The van der Waals surface area contributed by atoms with Crippen LogP contribution in [0.3, 0.4) is 0 Å². The molecule has 2 unspecified atom stereocenters. The van der Waals surface area contributed by atoms with Crippen molar-refractivity contribution in [2.75, 3.05) is 12.5 Å². The fraction of sp³-hybridized carbons (Fsp3) is 0.357. The Hall–Kier alpha value is -0.420. The van der Waals surface area contributed by atoms with E-state index in [1.165, 1.54) is 0 Å². The highest BCUT2D eigenvalue weighted by molar-refractivity contribution is 7.93. The summed E-state index contributed by atoms with van der Waals surface area (Å²) in [6, 6.07) is 5.56. The normalized spacial score (nSPS) is 14.9. The van der Waals surface area contributed by atoms with E-state index in [-0.39, 0.29) is 0 Å². The molecule has 0 N–H and O–H groups in total. The maximum atomic E-state index is 11.6. The lowest BCUT2D eigenvalue weighted by atomic mass is 10.2. The molecule has 1 aromatic rings. The van der Waals surface area contributed by atoms with Crippen molar-refractivity contribution in [1.82, 2.24) is 0 Å². The van der Waals surface area contributed by atoms with Crippen LogP contribution in [0, 0.1) is 6.92 Å². The molecule has 0 aliphatic rings. The lowest BCUT2D eigenvalue weighted by Crippen LogP contribution is -2.07. The third-order valence-corrected chi connectivity index (χ3v) is 4.58. The molecular formula is C14H19O2S2. The molecule has 0 aliphatic heterocycles. The zero-order valence-electron chi connectivity index (χ0n) is 10.8. The molecule has 0 fully saturated rings. The van der Waals surface area contributed by atoms with Gasteiger partial charge < -0.3 is 9.11 Å². The summed E-state index contributed by atoms with van der Waals surface area (Å²) in [5.74, 6) is 0. The zero-order valence-corrected chi connectivity index (χ0v) is 12.5. The summed E-state index contributed by atoms with van der Waals surface area (Å²) < 4.78 is 23.2. The standard InChI is InChI=1S/C14H19O2S2/c1-4-5-6-7-8-12-9-10-13(17(2)15)14(11-12)18(3)16/h7-11H,1,4-6H2,2-3H3/b8-7+. The lowest BCUT2D eigenvalue weighted by Gasteiger charge is -2.11. The van der Waals surface area contributed by atoms with Crippen LogP contribution < -0.4 is 0 Å². The molecular weight excluding hydrogens is 264 g/mol. The minimum atomic E-state index is -1.12. The molecule has 0 saturated carbocycles. The summed E-state index contributed by atoms with van der Waals surface area (Å²) in [4.78, 5) is 1.32. The Morgan fingerprint density at radius 2 is 1.83 bits per heavy atom. The van der Waals surface area contributed by atoms with Crippen molar-refractivity contribution in [1.29, 1.82) is 0 Å². The molecule has 1 aromatic carbocycles. The molecule has 2 nitrogen and oxygen atoms in total. The molecule has 0 aliphatic carbocycles. The minimum Gasteiger partial charge on any atom is -0.612 e. The molecule has 0 amide bonds. The van der Waals surface area contributed by atoms with Gasteiger partial charge in [0.2, 0.25) is 9.79 Å². The Morgan fingerprint density at radius 3 is 2.39 bits per heavy atom. The SMILES string of the molecule is [CH2]CCC/C=C/c1ccc([S+](C)[O-])c([S+](C)[O-])c1.